The Balaban J connectivity index is 0.000000791. The third-order valence-corrected chi connectivity index (χ3v) is 4.03. The third-order valence-electron chi connectivity index (χ3n) is 3.68. The van der Waals surface area contributed by atoms with Crippen LogP contribution in [0.3, 0.4) is 0 Å². The maximum atomic E-state index is 13.2. The fourth-order valence-corrected chi connectivity index (χ4v) is 2.66. The Hall–Kier alpha value is -1.99. The lowest BCUT2D eigenvalue weighted by molar-refractivity contribution is 0.498. The SMILES string of the molecule is CC.CC.NC1CCN(c2nc(-c3ccnc(F)c3)[nH]c(=O)c2Cl)CC1. The second-order valence-electron chi connectivity index (χ2n) is 5.24. The smallest absolute Gasteiger partial charge is 0.272 e. The van der Waals surface area contributed by atoms with Crippen molar-refractivity contribution in [1.82, 2.24) is 15.0 Å². The summed E-state index contributed by atoms with van der Waals surface area (Å²) in [5, 5.41) is 0.0359. The van der Waals surface area contributed by atoms with Gasteiger partial charge in [-0.05, 0) is 18.9 Å². The van der Waals surface area contributed by atoms with Crippen LogP contribution in [-0.2, 0) is 0 Å². The zero-order valence-corrected chi connectivity index (χ0v) is 16.5. The summed E-state index contributed by atoms with van der Waals surface area (Å²) in [6, 6.07) is 2.94. The van der Waals surface area contributed by atoms with Gasteiger partial charge in [-0.15, -0.1) is 0 Å². The number of H-pyrrole nitrogens is 1. The summed E-state index contributed by atoms with van der Waals surface area (Å²) < 4.78 is 13.2. The average molecular weight is 384 g/mol. The van der Waals surface area contributed by atoms with Crippen molar-refractivity contribution < 1.29 is 4.39 Å². The number of hydrogen-bond acceptors (Lipinski definition) is 5. The highest BCUT2D eigenvalue weighted by Gasteiger charge is 2.22. The number of halogens is 2. The minimum atomic E-state index is -0.638. The van der Waals surface area contributed by atoms with E-state index in [1.165, 1.54) is 12.3 Å². The number of piperidine rings is 1. The van der Waals surface area contributed by atoms with Gasteiger partial charge in [0.2, 0.25) is 5.95 Å². The highest BCUT2D eigenvalue weighted by molar-refractivity contribution is 6.32. The summed E-state index contributed by atoms with van der Waals surface area (Å²) in [4.78, 5) is 24.4. The number of nitrogens with two attached hydrogens (primary N) is 1. The molecule has 3 heterocycles. The van der Waals surface area contributed by atoms with Crippen molar-refractivity contribution in [2.75, 3.05) is 18.0 Å². The molecule has 3 N–H and O–H groups in total. The minimum absolute atomic E-state index is 0.0359. The van der Waals surface area contributed by atoms with Crippen LogP contribution in [-0.4, -0.2) is 34.1 Å². The molecule has 1 saturated heterocycles. The lowest BCUT2D eigenvalue weighted by Gasteiger charge is -2.31. The van der Waals surface area contributed by atoms with E-state index in [9.17, 15) is 9.18 Å². The number of rotatable bonds is 2. The zero-order valence-electron chi connectivity index (χ0n) is 15.7. The number of anilines is 1. The number of hydrogen-bond donors (Lipinski definition) is 2. The Morgan fingerprint density at radius 1 is 1.27 bits per heavy atom. The maximum absolute atomic E-state index is 13.2. The van der Waals surface area contributed by atoms with E-state index in [1.54, 1.807) is 6.07 Å². The van der Waals surface area contributed by atoms with E-state index in [-0.39, 0.29) is 16.9 Å². The highest BCUT2D eigenvalue weighted by atomic mass is 35.5. The lowest BCUT2D eigenvalue weighted by atomic mass is 10.1. The van der Waals surface area contributed by atoms with E-state index in [2.05, 4.69) is 15.0 Å². The first-order chi connectivity index (χ1) is 12.5. The van der Waals surface area contributed by atoms with Gasteiger partial charge in [-0.3, -0.25) is 4.79 Å². The van der Waals surface area contributed by atoms with Gasteiger partial charge in [-0.2, -0.15) is 4.39 Å². The number of nitrogens with zero attached hydrogens (tertiary/aromatic N) is 3. The van der Waals surface area contributed by atoms with Crippen molar-refractivity contribution in [2.24, 2.45) is 5.73 Å². The number of aromatic amines is 1. The molecule has 1 aliphatic heterocycles. The summed E-state index contributed by atoms with van der Waals surface area (Å²) >= 11 is 6.09. The van der Waals surface area contributed by atoms with Crippen LogP contribution in [0.15, 0.2) is 23.1 Å². The molecule has 0 aromatic carbocycles. The van der Waals surface area contributed by atoms with Gasteiger partial charge in [0.25, 0.3) is 5.56 Å². The van der Waals surface area contributed by atoms with Crippen LogP contribution in [0.5, 0.6) is 0 Å². The molecule has 2 aromatic rings. The standard InChI is InChI=1S/C14H15ClFN5O.2C2H6/c15-11-13(21-5-2-9(17)3-6-21)19-12(20-14(11)22)8-1-4-18-10(16)7-8;2*1-2/h1,4,7,9H,2-3,5-6,17H2,(H,19,20,22);2*1-2H3. The van der Waals surface area contributed by atoms with Crippen LogP contribution >= 0.6 is 11.6 Å². The second kappa shape index (κ2) is 10.9. The normalized spacial score (nSPS) is 14.0. The molecule has 144 valence electrons. The Bertz CT molecular complexity index is 745. The third kappa shape index (κ3) is 5.51. The molecular weight excluding hydrogens is 357 g/mol. The van der Waals surface area contributed by atoms with Crippen LogP contribution in [0, 0.1) is 5.95 Å². The van der Waals surface area contributed by atoms with Crippen molar-refractivity contribution in [2.45, 2.75) is 46.6 Å². The Labute approximate surface area is 158 Å². The van der Waals surface area contributed by atoms with Gasteiger partial charge >= 0.3 is 0 Å². The minimum Gasteiger partial charge on any atom is -0.355 e. The van der Waals surface area contributed by atoms with Crippen molar-refractivity contribution in [3.05, 3.63) is 39.7 Å². The summed E-state index contributed by atoms with van der Waals surface area (Å²) in [5.41, 5.74) is 5.87. The summed E-state index contributed by atoms with van der Waals surface area (Å²) in [7, 11) is 0. The Morgan fingerprint density at radius 3 is 2.46 bits per heavy atom. The van der Waals surface area contributed by atoms with Crippen LogP contribution in [0.25, 0.3) is 11.4 Å². The molecule has 8 heteroatoms. The Morgan fingerprint density at radius 2 is 1.88 bits per heavy atom. The van der Waals surface area contributed by atoms with E-state index in [4.69, 9.17) is 17.3 Å². The summed E-state index contributed by atoms with van der Waals surface area (Å²) in [6.45, 7) is 9.36. The van der Waals surface area contributed by atoms with Crippen LogP contribution < -0.4 is 16.2 Å². The van der Waals surface area contributed by atoms with E-state index < -0.39 is 11.5 Å². The molecule has 26 heavy (non-hydrogen) atoms. The van der Waals surface area contributed by atoms with E-state index >= 15 is 0 Å². The van der Waals surface area contributed by atoms with E-state index in [0.717, 1.165) is 12.8 Å². The molecule has 0 aliphatic carbocycles. The molecule has 0 unspecified atom stereocenters. The predicted molar refractivity (Wildman–Crippen MR) is 105 cm³/mol. The molecule has 0 radical (unpaired) electrons. The predicted octanol–water partition coefficient (Wildman–Crippen LogP) is 3.60. The molecule has 3 rings (SSSR count). The van der Waals surface area contributed by atoms with Crippen LogP contribution in [0.4, 0.5) is 10.2 Å². The summed E-state index contributed by atoms with van der Waals surface area (Å²) in [5.74, 6) is 0.0331. The lowest BCUT2D eigenvalue weighted by Crippen LogP contribution is -2.40. The Kier molecular flexibility index (Phi) is 9.23. The quantitative estimate of drug-likeness (QED) is 0.773. The monoisotopic (exact) mass is 383 g/mol. The molecular formula is C18H27ClFN5O. The van der Waals surface area contributed by atoms with Crippen LogP contribution in [0.2, 0.25) is 5.02 Å². The van der Waals surface area contributed by atoms with Gasteiger partial charge in [0.1, 0.15) is 10.8 Å². The van der Waals surface area contributed by atoms with Gasteiger partial charge in [0.15, 0.2) is 5.82 Å². The molecule has 2 aromatic heterocycles. The average Bonchev–Trinajstić information content (AvgIpc) is 2.68. The second-order valence-corrected chi connectivity index (χ2v) is 5.62. The highest BCUT2D eigenvalue weighted by Crippen LogP contribution is 2.25. The van der Waals surface area contributed by atoms with E-state index in [0.29, 0.717) is 24.5 Å². The van der Waals surface area contributed by atoms with Gasteiger partial charge in [0.05, 0.1) is 0 Å². The van der Waals surface area contributed by atoms with E-state index in [1.807, 2.05) is 32.6 Å². The van der Waals surface area contributed by atoms with Gasteiger partial charge in [0, 0.05) is 37.0 Å². The molecule has 0 amide bonds. The van der Waals surface area contributed by atoms with Crippen molar-refractivity contribution in [3.8, 4) is 11.4 Å². The first-order valence-electron chi connectivity index (χ1n) is 8.97. The van der Waals surface area contributed by atoms with Gasteiger partial charge in [-0.1, -0.05) is 39.3 Å². The molecule has 0 bridgehead atoms. The fourth-order valence-electron chi connectivity index (χ4n) is 2.45. The zero-order chi connectivity index (χ0) is 19.7. The molecule has 0 saturated carbocycles. The first kappa shape index (κ1) is 22.1. The molecule has 1 fully saturated rings. The molecule has 1 aliphatic rings. The molecule has 0 spiro atoms. The largest absolute Gasteiger partial charge is 0.355 e. The topological polar surface area (TPSA) is 87.9 Å². The molecule has 0 atom stereocenters. The van der Waals surface area contributed by atoms with Crippen LogP contribution in [0.1, 0.15) is 40.5 Å². The van der Waals surface area contributed by atoms with Gasteiger partial charge in [-0.25, -0.2) is 9.97 Å². The van der Waals surface area contributed by atoms with Crippen molar-refractivity contribution in [3.63, 3.8) is 0 Å². The summed E-state index contributed by atoms with van der Waals surface area (Å²) in [6.07, 6.45) is 2.94. The van der Waals surface area contributed by atoms with Crippen molar-refractivity contribution >= 4 is 17.4 Å². The van der Waals surface area contributed by atoms with Gasteiger partial charge < -0.3 is 15.6 Å². The van der Waals surface area contributed by atoms with Crippen molar-refractivity contribution in [1.29, 1.82) is 0 Å². The number of nitrogens with one attached hydrogen (secondary N) is 1. The fraction of sp³-hybridized carbons (Fsp3) is 0.500. The molecule has 6 nitrogen and oxygen atoms in total. The number of aromatic nitrogens is 3. The number of pyridine rings is 1. The maximum Gasteiger partial charge on any atom is 0.272 e. The first-order valence-corrected chi connectivity index (χ1v) is 9.34.